The molecule has 0 aliphatic heterocycles. The Balaban J connectivity index is 1.72. The Labute approximate surface area is 140 Å². The Bertz CT molecular complexity index is 760. The molecule has 24 heavy (non-hydrogen) atoms. The topological polar surface area (TPSA) is 66.9 Å². The number of carbonyl (C=O) groups is 1. The molecule has 1 heterocycles. The lowest BCUT2D eigenvalue weighted by Crippen LogP contribution is -2.15. The van der Waals surface area contributed by atoms with Gasteiger partial charge in [-0.1, -0.05) is 11.6 Å². The Morgan fingerprint density at radius 1 is 1.21 bits per heavy atom. The van der Waals surface area contributed by atoms with Crippen LogP contribution in [0.2, 0.25) is 5.02 Å². The summed E-state index contributed by atoms with van der Waals surface area (Å²) < 4.78 is 38.4. The summed E-state index contributed by atoms with van der Waals surface area (Å²) in [6, 6.07) is 3.53. The first-order valence-electron chi connectivity index (χ1n) is 7.09. The fourth-order valence-corrected chi connectivity index (χ4v) is 2.20. The fourth-order valence-electron chi connectivity index (χ4n) is 1.97. The van der Waals surface area contributed by atoms with Crippen LogP contribution in [0.25, 0.3) is 0 Å². The van der Waals surface area contributed by atoms with Gasteiger partial charge in [0.2, 0.25) is 0 Å². The Morgan fingerprint density at radius 3 is 2.54 bits per heavy atom. The Hall–Kier alpha value is -2.35. The standard InChI is InChI=1S/C15H12ClF3N4O/c16-11-4-3-9(5-10(11)15(17,18)19)23-14(24)12-6-21-13(7-20-12)22-8-1-2-8/h3-8H,1-2H2,(H,21,22)(H,23,24). The second-order valence-corrected chi connectivity index (χ2v) is 5.76. The van der Waals surface area contributed by atoms with E-state index in [0.717, 1.165) is 25.0 Å². The van der Waals surface area contributed by atoms with Crippen LogP contribution in [0.3, 0.4) is 0 Å². The SMILES string of the molecule is O=C(Nc1ccc(Cl)c(C(F)(F)F)c1)c1cnc(NC2CC2)cn1. The maximum Gasteiger partial charge on any atom is 0.417 e. The molecule has 0 bridgehead atoms. The number of amides is 1. The van der Waals surface area contributed by atoms with Gasteiger partial charge in [0, 0.05) is 11.7 Å². The number of aromatic nitrogens is 2. The average Bonchev–Trinajstić information content (AvgIpc) is 3.33. The molecule has 2 aromatic rings. The van der Waals surface area contributed by atoms with Crippen molar-refractivity contribution in [1.82, 2.24) is 9.97 Å². The van der Waals surface area contributed by atoms with Crippen molar-refractivity contribution in [2.45, 2.75) is 25.1 Å². The summed E-state index contributed by atoms with van der Waals surface area (Å²) in [6.45, 7) is 0. The van der Waals surface area contributed by atoms with Gasteiger partial charge in [0.15, 0.2) is 0 Å². The second kappa shape index (κ2) is 6.27. The zero-order valence-corrected chi connectivity index (χ0v) is 12.9. The molecule has 126 valence electrons. The van der Waals surface area contributed by atoms with Gasteiger partial charge in [-0.05, 0) is 31.0 Å². The zero-order chi connectivity index (χ0) is 17.3. The summed E-state index contributed by atoms with van der Waals surface area (Å²) in [5.74, 6) is -0.101. The summed E-state index contributed by atoms with van der Waals surface area (Å²) in [6.07, 6.45) is 0.217. The largest absolute Gasteiger partial charge is 0.417 e. The first-order valence-corrected chi connectivity index (χ1v) is 7.47. The Kier molecular flexibility index (Phi) is 4.31. The maximum absolute atomic E-state index is 12.8. The molecule has 1 saturated carbocycles. The lowest BCUT2D eigenvalue weighted by Gasteiger charge is -2.11. The summed E-state index contributed by atoms with van der Waals surface area (Å²) >= 11 is 5.54. The molecule has 3 rings (SSSR count). The number of carbonyl (C=O) groups excluding carboxylic acids is 1. The molecule has 1 aromatic carbocycles. The molecular formula is C15H12ClF3N4O. The number of halogens is 4. The van der Waals surface area contributed by atoms with Gasteiger partial charge in [-0.3, -0.25) is 4.79 Å². The van der Waals surface area contributed by atoms with E-state index in [1.165, 1.54) is 18.5 Å². The van der Waals surface area contributed by atoms with Crippen LogP contribution in [-0.4, -0.2) is 21.9 Å². The third-order valence-electron chi connectivity index (χ3n) is 3.34. The van der Waals surface area contributed by atoms with Gasteiger partial charge >= 0.3 is 6.18 Å². The van der Waals surface area contributed by atoms with Crippen LogP contribution >= 0.6 is 11.6 Å². The number of nitrogens with zero attached hydrogens (tertiary/aromatic N) is 2. The van der Waals surface area contributed by atoms with Crippen molar-refractivity contribution >= 4 is 29.0 Å². The van der Waals surface area contributed by atoms with Crippen molar-refractivity contribution in [3.8, 4) is 0 Å². The van der Waals surface area contributed by atoms with E-state index in [1.807, 2.05) is 0 Å². The molecule has 1 aromatic heterocycles. The predicted molar refractivity (Wildman–Crippen MR) is 83.1 cm³/mol. The van der Waals surface area contributed by atoms with Gasteiger partial charge in [-0.25, -0.2) is 9.97 Å². The molecule has 0 unspecified atom stereocenters. The van der Waals surface area contributed by atoms with Crippen LogP contribution in [0, 0.1) is 0 Å². The summed E-state index contributed by atoms with van der Waals surface area (Å²) in [4.78, 5) is 20.1. The highest BCUT2D eigenvalue weighted by Crippen LogP contribution is 2.36. The first-order chi connectivity index (χ1) is 11.3. The molecule has 0 atom stereocenters. The number of rotatable bonds is 4. The molecular weight excluding hydrogens is 345 g/mol. The minimum atomic E-state index is -4.60. The lowest BCUT2D eigenvalue weighted by molar-refractivity contribution is -0.137. The van der Waals surface area contributed by atoms with Gasteiger partial charge in [-0.2, -0.15) is 13.2 Å². The van der Waals surface area contributed by atoms with E-state index in [1.54, 1.807) is 0 Å². The molecule has 0 saturated heterocycles. The third-order valence-corrected chi connectivity index (χ3v) is 3.67. The number of alkyl halides is 3. The highest BCUT2D eigenvalue weighted by atomic mass is 35.5. The monoisotopic (exact) mass is 356 g/mol. The first kappa shape index (κ1) is 16.5. The summed E-state index contributed by atoms with van der Waals surface area (Å²) in [5.41, 5.74) is -1.05. The van der Waals surface area contributed by atoms with E-state index in [9.17, 15) is 18.0 Å². The van der Waals surface area contributed by atoms with Gasteiger partial charge in [0.1, 0.15) is 11.5 Å². The van der Waals surface area contributed by atoms with Crippen LogP contribution in [-0.2, 0) is 6.18 Å². The van der Waals surface area contributed by atoms with E-state index in [0.29, 0.717) is 11.9 Å². The molecule has 1 amide bonds. The molecule has 0 spiro atoms. The molecule has 2 N–H and O–H groups in total. The van der Waals surface area contributed by atoms with Gasteiger partial charge in [0.25, 0.3) is 5.91 Å². The molecule has 9 heteroatoms. The second-order valence-electron chi connectivity index (χ2n) is 5.35. The van der Waals surface area contributed by atoms with Crippen molar-refractivity contribution in [3.05, 3.63) is 46.9 Å². The molecule has 0 radical (unpaired) electrons. The van der Waals surface area contributed by atoms with Crippen LogP contribution in [0.1, 0.15) is 28.9 Å². The molecule has 1 aliphatic carbocycles. The molecule has 1 fully saturated rings. The minimum absolute atomic E-state index is 0.000134. The van der Waals surface area contributed by atoms with E-state index >= 15 is 0 Å². The highest BCUT2D eigenvalue weighted by Gasteiger charge is 2.33. The molecule has 5 nitrogen and oxygen atoms in total. The smallest absolute Gasteiger partial charge is 0.366 e. The van der Waals surface area contributed by atoms with Crippen LogP contribution in [0.15, 0.2) is 30.6 Å². The van der Waals surface area contributed by atoms with Crippen LogP contribution in [0.4, 0.5) is 24.7 Å². The van der Waals surface area contributed by atoms with Crippen molar-refractivity contribution in [1.29, 1.82) is 0 Å². The third kappa shape index (κ3) is 3.94. The van der Waals surface area contributed by atoms with Crippen molar-refractivity contribution < 1.29 is 18.0 Å². The Morgan fingerprint density at radius 2 is 1.96 bits per heavy atom. The van der Waals surface area contributed by atoms with Gasteiger partial charge in [-0.15, -0.1) is 0 Å². The minimum Gasteiger partial charge on any atom is -0.366 e. The highest BCUT2D eigenvalue weighted by molar-refractivity contribution is 6.31. The number of nitrogens with one attached hydrogen (secondary N) is 2. The molecule has 1 aliphatic rings. The van der Waals surface area contributed by atoms with E-state index in [2.05, 4.69) is 20.6 Å². The fraction of sp³-hybridized carbons (Fsp3) is 0.267. The van der Waals surface area contributed by atoms with Crippen molar-refractivity contribution in [3.63, 3.8) is 0 Å². The summed E-state index contributed by atoms with van der Waals surface area (Å²) in [5, 5.41) is 5.03. The van der Waals surface area contributed by atoms with Crippen molar-refractivity contribution in [2.24, 2.45) is 0 Å². The number of hydrogen-bond donors (Lipinski definition) is 2. The summed E-state index contributed by atoms with van der Waals surface area (Å²) in [7, 11) is 0. The van der Waals surface area contributed by atoms with Gasteiger partial charge < -0.3 is 10.6 Å². The van der Waals surface area contributed by atoms with E-state index < -0.39 is 22.7 Å². The number of benzene rings is 1. The van der Waals surface area contributed by atoms with E-state index in [-0.39, 0.29) is 11.4 Å². The number of hydrogen-bond acceptors (Lipinski definition) is 4. The number of anilines is 2. The van der Waals surface area contributed by atoms with Crippen molar-refractivity contribution in [2.75, 3.05) is 10.6 Å². The van der Waals surface area contributed by atoms with Gasteiger partial charge in [0.05, 0.1) is 23.0 Å². The zero-order valence-electron chi connectivity index (χ0n) is 12.2. The van der Waals surface area contributed by atoms with E-state index in [4.69, 9.17) is 11.6 Å². The van der Waals surface area contributed by atoms with Crippen LogP contribution in [0.5, 0.6) is 0 Å². The lowest BCUT2D eigenvalue weighted by atomic mass is 10.2. The quantitative estimate of drug-likeness (QED) is 0.869. The normalized spacial score (nSPS) is 14.3. The van der Waals surface area contributed by atoms with Crippen LogP contribution < -0.4 is 10.6 Å². The predicted octanol–water partition coefficient (Wildman–Crippen LogP) is 3.98. The average molecular weight is 357 g/mol. The maximum atomic E-state index is 12.8.